The van der Waals surface area contributed by atoms with E-state index in [-0.39, 0.29) is 5.91 Å². The van der Waals surface area contributed by atoms with Gasteiger partial charge in [-0.25, -0.2) is 0 Å². The smallest absolute Gasteiger partial charge is 0.236 e. The molecule has 0 bridgehead atoms. The Balaban J connectivity index is 1.37. The molecule has 0 atom stereocenters. The zero-order chi connectivity index (χ0) is 15.9. The summed E-state index contributed by atoms with van der Waals surface area (Å²) in [6, 6.07) is 4.14. The van der Waals surface area contributed by atoms with Gasteiger partial charge in [-0.2, -0.15) is 0 Å². The van der Waals surface area contributed by atoms with Crippen LogP contribution in [0.25, 0.3) is 0 Å². The highest BCUT2D eigenvalue weighted by atomic mass is 16.5. The highest BCUT2D eigenvalue weighted by Gasteiger charge is 2.23. The number of carbonyl (C=O) groups excluding carboxylic acids is 1. The number of aromatic nitrogens is 1. The number of ether oxygens (including phenoxy) is 1. The van der Waals surface area contributed by atoms with Gasteiger partial charge in [0.1, 0.15) is 0 Å². The zero-order valence-electron chi connectivity index (χ0n) is 13.7. The minimum Gasteiger partial charge on any atom is -0.379 e. The molecule has 0 unspecified atom stereocenters. The Morgan fingerprint density at radius 3 is 2.39 bits per heavy atom. The number of piperazine rings is 1. The summed E-state index contributed by atoms with van der Waals surface area (Å²) in [5, 5.41) is 0. The lowest BCUT2D eigenvalue weighted by Crippen LogP contribution is -2.52. The molecule has 6 nitrogen and oxygen atoms in total. The fourth-order valence-electron chi connectivity index (χ4n) is 3.11. The number of amides is 1. The van der Waals surface area contributed by atoms with Crippen molar-refractivity contribution < 1.29 is 9.53 Å². The van der Waals surface area contributed by atoms with E-state index in [0.717, 1.165) is 65.4 Å². The van der Waals surface area contributed by atoms with E-state index in [4.69, 9.17) is 4.74 Å². The molecule has 6 heteroatoms. The molecule has 3 rings (SSSR count). The molecule has 2 saturated heterocycles. The highest BCUT2D eigenvalue weighted by molar-refractivity contribution is 5.78. The Labute approximate surface area is 138 Å². The van der Waals surface area contributed by atoms with Gasteiger partial charge in [-0.15, -0.1) is 0 Å². The maximum Gasteiger partial charge on any atom is 0.236 e. The van der Waals surface area contributed by atoms with Crippen molar-refractivity contribution in [2.45, 2.75) is 6.42 Å². The maximum absolute atomic E-state index is 12.4. The lowest BCUT2D eigenvalue weighted by molar-refractivity contribution is -0.135. The van der Waals surface area contributed by atoms with Crippen molar-refractivity contribution in [1.29, 1.82) is 0 Å². The standard InChI is InChI=1S/C17H26N4O2/c22-17(15-20-11-13-23-14-12-20)21-9-7-19(8-10-21)6-3-16-1-4-18-5-2-16/h1-2,4-5H,3,6-15H2. The van der Waals surface area contributed by atoms with Gasteiger partial charge in [0, 0.05) is 58.2 Å². The third kappa shape index (κ3) is 4.99. The first-order chi connectivity index (χ1) is 11.3. The second-order valence-corrected chi connectivity index (χ2v) is 6.22. The number of carbonyl (C=O) groups is 1. The van der Waals surface area contributed by atoms with Crippen LogP contribution in [0.15, 0.2) is 24.5 Å². The number of nitrogens with zero attached hydrogens (tertiary/aromatic N) is 4. The van der Waals surface area contributed by atoms with Crippen molar-refractivity contribution in [3.05, 3.63) is 30.1 Å². The van der Waals surface area contributed by atoms with Crippen LogP contribution in [-0.4, -0.2) is 91.2 Å². The molecule has 2 aliphatic heterocycles. The molecule has 1 aromatic heterocycles. The number of pyridine rings is 1. The zero-order valence-corrected chi connectivity index (χ0v) is 13.7. The van der Waals surface area contributed by atoms with Gasteiger partial charge in [-0.1, -0.05) is 0 Å². The van der Waals surface area contributed by atoms with Crippen LogP contribution < -0.4 is 0 Å². The van der Waals surface area contributed by atoms with Crippen LogP contribution in [-0.2, 0) is 16.0 Å². The van der Waals surface area contributed by atoms with Gasteiger partial charge in [0.15, 0.2) is 0 Å². The summed E-state index contributed by atoms with van der Waals surface area (Å²) in [6.45, 7) is 8.47. The van der Waals surface area contributed by atoms with Crippen molar-refractivity contribution in [2.24, 2.45) is 0 Å². The van der Waals surface area contributed by atoms with Crippen LogP contribution in [0.1, 0.15) is 5.56 Å². The van der Waals surface area contributed by atoms with E-state index in [9.17, 15) is 4.79 Å². The summed E-state index contributed by atoms with van der Waals surface area (Å²) in [5.74, 6) is 0.265. The molecule has 2 fully saturated rings. The Kier molecular flexibility index (Phi) is 5.96. The SMILES string of the molecule is O=C(CN1CCOCC1)N1CCN(CCc2ccncc2)CC1. The van der Waals surface area contributed by atoms with Crippen LogP contribution in [0, 0.1) is 0 Å². The predicted octanol–water partition coefficient (Wildman–Crippen LogP) is 0.101. The first kappa shape index (κ1) is 16.4. The van der Waals surface area contributed by atoms with E-state index in [0.29, 0.717) is 6.54 Å². The fraction of sp³-hybridized carbons (Fsp3) is 0.647. The van der Waals surface area contributed by atoms with Crippen molar-refractivity contribution in [3.63, 3.8) is 0 Å². The van der Waals surface area contributed by atoms with Crippen LogP contribution in [0.4, 0.5) is 0 Å². The molecule has 0 radical (unpaired) electrons. The molecule has 3 heterocycles. The molecule has 1 amide bonds. The minimum absolute atomic E-state index is 0.265. The van der Waals surface area contributed by atoms with Crippen LogP contribution in [0.2, 0.25) is 0 Å². The predicted molar refractivity (Wildman–Crippen MR) is 88.2 cm³/mol. The minimum atomic E-state index is 0.265. The number of hydrogen-bond donors (Lipinski definition) is 0. The first-order valence-electron chi connectivity index (χ1n) is 8.50. The monoisotopic (exact) mass is 318 g/mol. The summed E-state index contributed by atoms with van der Waals surface area (Å²) in [6.07, 6.45) is 4.74. The molecule has 23 heavy (non-hydrogen) atoms. The summed E-state index contributed by atoms with van der Waals surface area (Å²) >= 11 is 0. The van der Waals surface area contributed by atoms with Crippen molar-refractivity contribution in [1.82, 2.24) is 19.7 Å². The molecule has 0 spiro atoms. The molecule has 0 saturated carbocycles. The summed E-state index contributed by atoms with van der Waals surface area (Å²) in [4.78, 5) is 23.1. The Bertz CT molecular complexity index is 483. The normalized spacial score (nSPS) is 20.6. The maximum atomic E-state index is 12.4. The fourth-order valence-corrected chi connectivity index (χ4v) is 3.11. The van der Waals surface area contributed by atoms with Crippen LogP contribution in [0.3, 0.4) is 0 Å². The average molecular weight is 318 g/mol. The van der Waals surface area contributed by atoms with Gasteiger partial charge in [0.05, 0.1) is 19.8 Å². The van der Waals surface area contributed by atoms with E-state index in [1.807, 2.05) is 17.3 Å². The lowest BCUT2D eigenvalue weighted by atomic mass is 10.2. The molecule has 1 aromatic rings. The van der Waals surface area contributed by atoms with Crippen LogP contribution >= 0.6 is 0 Å². The second kappa shape index (κ2) is 8.38. The van der Waals surface area contributed by atoms with Gasteiger partial charge >= 0.3 is 0 Å². The van der Waals surface area contributed by atoms with Gasteiger partial charge in [0.25, 0.3) is 0 Å². The van der Waals surface area contributed by atoms with Crippen molar-refractivity contribution >= 4 is 5.91 Å². The molecule has 126 valence electrons. The molecular weight excluding hydrogens is 292 g/mol. The van der Waals surface area contributed by atoms with Gasteiger partial charge in [-0.3, -0.25) is 19.6 Å². The highest BCUT2D eigenvalue weighted by Crippen LogP contribution is 2.06. The number of hydrogen-bond acceptors (Lipinski definition) is 5. The largest absolute Gasteiger partial charge is 0.379 e. The molecular formula is C17H26N4O2. The Hall–Kier alpha value is -1.50. The topological polar surface area (TPSA) is 48.9 Å². The molecule has 0 aromatic carbocycles. The van der Waals surface area contributed by atoms with E-state index >= 15 is 0 Å². The van der Waals surface area contributed by atoms with Gasteiger partial charge in [0.2, 0.25) is 5.91 Å². The number of morpholine rings is 1. The lowest BCUT2D eigenvalue weighted by Gasteiger charge is -2.36. The molecule has 0 N–H and O–H groups in total. The first-order valence-corrected chi connectivity index (χ1v) is 8.50. The van der Waals surface area contributed by atoms with E-state index in [1.54, 1.807) is 0 Å². The molecule has 0 aliphatic carbocycles. The second-order valence-electron chi connectivity index (χ2n) is 6.22. The summed E-state index contributed by atoms with van der Waals surface area (Å²) in [7, 11) is 0. The van der Waals surface area contributed by atoms with E-state index in [2.05, 4.69) is 26.9 Å². The van der Waals surface area contributed by atoms with Crippen LogP contribution in [0.5, 0.6) is 0 Å². The Morgan fingerprint density at radius 1 is 1.00 bits per heavy atom. The molecule has 2 aliphatic rings. The average Bonchev–Trinajstić information content (AvgIpc) is 2.62. The summed E-state index contributed by atoms with van der Waals surface area (Å²) in [5.41, 5.74) is 1.32. The van der Waals surface area contributed by atoms with E-state index in [1.165, 1.54) is 5.56 Å². The van der Waals surface area contributed by atoms with Gasteiger partial charge < -0.3 is 9.64 Å². The third-order valence-electron chi connectivity index (χ3n) is 4.65. The third-order valence-corrected chi connectivity index (χ3v) is 4.65. The van der Waals surface area contributed by atoms with Crippen molar-refractivity contribution in [2.75, 3.05) is 65.6 Å². The quantitative estimate of drug-likeness (QED) is 0.771. The number of rotatable bonds is 5. The van der Waals surface area contributed by atoms with E-state index < -0.39 is 0 Å². The van der Waals surface area contributed by atoms with Gasteiger partial charge in [-0.05, 0) is 24.1 Å². The summed E-state index contributed by atoms with van der Waals surface area (Å²) < 4.78 is 5.33. The van der Waals surface area contributed by atoms with Crippen molar-refractivity contribution in [3.8, 4) is 0 Å². The Morgan fingerprint density at radius 2 is 1.70 bits per heavy atom.